The fourth-order valence-corrected chi connectivity index (χ4v) is 4.83. The summed E-state index contributed by atoms with van der Waals surface area (Å²) >= 11 is 3.49. The molecule has 0 spiro atoms. The predicted molar refractivity (Wildman–Crippen MR) is 86.1 cm³/mol. The first-order chi connectivity index (χ1) is 9.72. The van der Waals surface area contributed by atoms with E-state index in [0.717, 1.165) is 35.2 Å². The second kappa shape index (κ2) is 6.07. The Hall–Kier alpha value is -0.540. The first-order valence-corrected chi connectivity index (χ1v) is 8.54. The third kappa shape index (κ3) is 2.89. The number of hydrogen-bond donors (Lipinski definition) is 1. The van der Waals surface area contributed by atoms with Gasteiger partial charge in [-0.1, -0.05) is 28.4 Å². The van der Waals surface area contributed by atoms with E-state index in [9.17, 15) is 0 Å². The number of ether oxygens (including phenoxy) is 1. The second-order valence-electron chi connectivity index (χ2n) is 6.53. The Balaban J connectivity index is 1.58. The molecular formula is C17H24BrNO. The van der Waals surface area contributed by atoms with Gasteiger partial charge in [-0.25, -0.2) is 0 Å². The summed E-state index contributed by atoms with van der Waals surface area (Å²) in [5, 5.41) is 3.43. The summed E-state index contributed by atoms with van der Waals surface area (Å²) in [6, 6.07) is 8.15. The van der Waals surface area contributed by atoms with Gasteiger partial charge < -0.3 is 10.1 Å². The zero-order chi connectivity index (χ0) is 14.0. The van der Waals surface area contributed by atoms with Gasteiger partial charge in [0.25, 0.3) is 0 Å². The highest BCUT2D eigenvalue weighted by molar-refractivity contribution is 9.10. The highest BCUT2D eigenvalue weighted by Crippen LogP contribution is 2.57. The molecule has 0 saturated heterocycles. The van der Waals surface area contributed by atoms with Crippen molar-refractivity contribution in [3.63, 3.8) is 0 Å². The summed E-state index contributed by atoms with van der Waals surface area (Å²) in [6.07, 6.45) is 6.94. The molecule has 110 valence electrons. The number of nitrogens with one attached hydrogen (secondary N) is 1. The van der Waals surface area contributed by atoms with Gasteiger partial charge in [-0.2, -0.15) is 0 Å². The van der Waals surface area contributed by atoms with Crippen LogP contribution < -0.4 is 10.1 Å². The highest BCUT2D eigenvalue weighted by atomic mass is 79.9. The van der Waals surface area contributed by atoms with E-state index in [1.165, 1.54) is 32.1 Å². The summed E-state index contributed by atoms with van der Waals surface area (Å²) in [5.41, 5.74) is 0.490. The lowest BCUT2D eigenvalue weighted by Gasteiger charge is -2.37. The Morgan fingerprint density at radius 2 is 2.30 bits per heavy atom. The first-order valence-electron chi connectivity index (χ1n) is 7.75. The zero-order valence-electron chi connectivity index (χ0n) is 12.2. The Morgan fingerprint density at radius 1 is 1.40 bits per heavy atom. The molecule has 0 radical (unpaired) electrons. The Bertz CT molecular complexity index is 464. The van der Waals surface area contributed by atoms with Gasteiger partial charge in [0, 0.05) is 11.0 Å². The molecule has 0 aromatic heterocycles. The van der Waals surface area contributed by atoms with Gasteiger partial charge in [0.15, 0.2) is 0 Å². The molecule has 2 nitrogen and oxygen atoms in total. The van der Waals surface area contributed by atoms with E-state index in [4.69, 9.17) is 4.74 Å². The maximum absolute atomic E-state index is 5.97. The van der Waals surface area contributed by atoms with Crippen LogP contribution in [-0.4, -0.2) is 20.2 Å². The standard InChI is InChI=1S/C17H24BrNO/c1-19-12-17(11-13-5-6-14(17)9-13)7-8-20-16-4-2-3-15(18)10-16/h2-4,10,13-14,19H,5-9,11-12H2,1H3. The summed E-state index contributed by atoms with van der Waals surface area (Å²) in [5.74, 6) is 2.88. The minimum absolute atomic E-state index is 0.490. The van der Waals surface area contributed by atoms with Gasteiger partial charge in [0.05, 0.1) is 6.61 Å². The van der Waals surface area contributed by atoms with Gasteiger partial charge in [-0.15, -0.1) is 0 Å². The van der Waals surface area contributed by atoms with Crippen LogP contribution in [0.4, 0.5) is 0 Å². The van der Waals surface area contributed by atoms with Crippen molar-refractivity contribution in [1.82, 2.24) is 5.32 Å². The van der Waals surface area contributed by atoms with Crippen molar-refractivity contribution in [2.45, 2.75) is 32.1 Å². The molecule has 1 aromatic rings. The SMILES string of the molecule is CNCC1(CCOc2cccc(Br)c2)CC2CCC1C2. The van der Waals surface area contributed by atoms with E-state index in [1.807, 2.05) is 24.3 Å². The van der Waals surface area contributed by atoms with E-state index in [0.29, 0.717) is 5.41 Å². The lowest BCUT2D eigenvalue weighted by molar-refractivity contribution is 0.117. The van der Waals surface area contributed by atoms with E-state index < -0.39 is 0 Å². The monoisotopic (exact) mass is 337 g/mol. The molecule has 2 aliphatic carbocycles. The Labute approximate surface area is 130 Å². The molecule has 2 aliphatic rings. The van der Waals surface area contributed by atoms with Crippen molar-refractivity contribution in [1.29, 1.82) is 0 Å². The molecule has 3 atom stereocenters. The number of benzene rings is 1. The molecule has 1 N–H and O–H groups in total. The third-order valence-electron chi connectivity index (χ3n) is 5.30. The molecule has 0 amide bonds. The summed E-state index contributed by atoms with van der Waals surface area (Å²) < 4.78 is 7.05. The number of fused-ring (bicyclic) bond motifs is 2. The predicted octanol–water partition coefficient (Wildman–Crippen LogP) is 4.24. The van der Waals surface area contributed by atoms with Gasteiger partial charge in [-0.05, 0) is 68.2 Å². The van der Waals surface area contributed by atoms with Crippen molar-refractivity contribution < 1.29 is 4.74 Å². The van der Waals surface area contributed by atoms with Crippen LogP contribution in [0.2, 0.25) is 0 Å². The fraction of sp³-hybridized carbons (Fsp3) is 0.647. The van der Waals surface area contributed by atoms with Crippen molar-refractivity contribution >= 4 is 15.9 Å². The van der Waals surface area contributed by atoms with Crippen LogP contribution in [-0.2, 0) is 0 Å². The van der Waals surface area contributed by atoms with Gasteiger partial charge >= 0.3 is 0 Å². The van der Waals surface area contributed by atoms with Crippen LogP contribution in [0.5, 0.6) is 5.75 Å². The van der Waals surface area contributed by atoms with Crippen LogP contribution >= 0.6 is 15.9 Å². The zero-order valence-corrected chi connectivity index (χ0v) is 13.8. The first kappa shape index (κ1) is 14.4. The average molecular weight is 338 g/mol. The van der Waals surface area contributed by atoms with Crippen LogP contribution in [0.3, 0.4) is 0 Å². The molecule has 0 heterocycles. The topological polar surface area (TPSA) is 21.3 Å². The van der Waals surface area contributed by atoms with Crippen LogP contribution in [0.1, 0.15) is 32.1 Å². The van der Waals surface area contributed by atoms with E-state index >= 15 is 0 Å². The van der Waals surface area contributed by atoms with Crippen molar-refractivity contribution in [3.05, 3.63) is 28.7 Å². The van der Waals surface area contributed by atoms with E-state index in [2.05, 4.69) is 28.3 Å². The molecular weight excluding hydrogens is 314 g/mol. The fourth-order valence-electron chi connectivity index (χ4n) is 4.45. The van der Waals surface area contributed by atoms with Crippen LogP contribution in [0.25, 0.3) is 0 Å². The lowest BCUT2D eigenvalue weighted by Crippen LogP contribution is -2.38. The molecule has 2 saturated carbocycles. The van der Waals surface area contributed by atoms with Crippen molar-refractivity contribution in [2.75, 3.05) is 20.2 Å². The third-order valence-corrected chi connectivity index (χ3v) is 5.79. The number of rotatable bonds is 6. The summed E-state index contributed by atoms with van der Waals surface area (Å²) in [4.78, 5) is 0. The highest BCUT2D eigenvalue weighted by Gasteiger charge is 2.49. The molecule has 20 heavy (non-hydrogen) atoms. The second-order valence-corrected chi connectivity index (χ2v) is 7.44. The molecule has 2 fully saturated rings. The molecule has 1 aromatic carbocycles. The van der Waals surface area contributed by atoms with E-state index in [-0.39, 0.29) is 0 Å². The van der Waals surface area contributed by atoms with Gasteiger partial charge in [-0.3, -0.25) is 0 Å². The lowest BCUT2D eigenvalue weighted by atomic mass is 9.71. The molecule has 3 unspecified atom stereocenters. The normalized spacial score (nSPS) is 31.7. The van der Waals surface area contributed by atoms with Crippen LogP contribution in [0.15, 0.2) is 28.7 Å². The average Bonchev–Trinajstić information content (AvgIpc) is 3.00. The largest absolute Gasteiger partial charge is 0.494 e. The van der Waals surface area contributed by atoms with Crippen molar-refractivity contribution in [2.24, 2.45) is 17.3 Å². The Kier molecular flexibility index (Phi) is 4.37. The van der Waals surface area contributed by atoms with Crippen LogP contribution in [0, 0.1) is 17.3 Å². The minimum Gasteiger partial charge on any atom is -0.494 e. The number of halogens is 1. The van der Waals surface area contributed by atoms with E-state index in [1.54, 1.807) is 0 Å². The van der Waals surface area contributed by atoms with Gasteiger partial charge in [0.1, 0.15) is 5.75 Å². The molecule has 3 rings (SSSR count). The molecule has 0 aliphatic heterocycles. The maximum atomic E-state index is 5.97. The summed E-state index contributed by atoms with van der Waals surface area (Å²) in [6.45, 7) is 1.98. The minimum atomic E-state index is 0.490. The van der Waals surface area contributed by atoms with Crippen molar-refractivity contribution in [3.8, 4) is 5.75 Å². The molecule has 3 heteroatoms. The molecule has 2 bridgehead atoms. The summed E-state index contributed by atoms with van der Waals surface area (Å²) in [7, 11) is 2.09. The smallest absolute Gasteiger partial charge is 0.120 e. The number of hydrogen-bond acceptors (Lipinski definition) is 2. The van der Waals surface area contributed by atoms with Gasteiger partial charge in [0.2, 0.25) is 0 Å². The quantitative estimate of drug-likeness (QED) is 0.838. The maximum Gasteiger partial charge on any atom is 0.120 e. The Morgan fingerprint density at radius 3 is 2.95 bits per heavy atom.